The Morgan fingerprint density at radius 2 is 1.77 bits per heavy atom. The van der Waals surface area contributed by atoms with E-state index in [-0.39, 0.29) is 18.7 Å². The molecule has 1 aromatic heterocycles. The van der Waals surface area contributed by atoms with Crippen molar-refractivity contribution in [1.29, 1.82) is 0 Å². The lowest BCUT2D eigenvalue weighted by atomic mass is 10.1. The lowest BCUT2D eigenvalue weighted by Gasteiger charge is -2.09. The van der Waals surface area contributed by atoms with Crippen LogP contribution in [0.5, 0.6) is 5.75 Å². The number of hydrogen-bond donors (Lipinski definition) is 1. The van der Waals surface area contributed by atoms with Gasteiger partial charge in [0.25, 0.3) is 5.91 Å². The summed E-state index contributed by atoms with van der Waals surface area (Å²) in [6.45, 7) is 4.25. The number of nitrogens with one attached hydrogen (secondary N) is 1. The molecule has 1 unspecified atom stereocenters. The van der Waals surface area contributed by atoms with Gasteiger partial charge in [0.15, 0.2) is 6.73 Å². The molecule has 0 aliphatic heterocycles. The number of amides is 1. The molecule has 1 N–H and O–H groups in total. The summed E-state index contributed by atoms with van der Waals surface area (Å²) in [4.78, 5) is 12.0. The van der Waals surface area contributed by atoms with Gasteiger partial charge in [-0.1, -0.05) is 49.4 Å². The number of rotatable bonds is 7. The summed E-state index contributed by atoms with van der Waals surface area (Å²) in [5, 5.41) is 7.16. The highest BCUT2D eigenvalue weighted by Gasteiger charge is 2.11. The van der Waals surface area contributed by atoms with E-state index in [0.717, 1.165) is 17.7 Å². The average Bonchev–Trinajstić information content (AvgIpc) is 3.16. The van der Waals surface area contributed by atoms with E-state index in [1.54, 1.807) is 16.9 Å². The van der Waals surface area contributed by atoms with Gasteiger partial charge in [-0.2, -0.15) is 5.10 Å². The number of hydrogen-bond acceptors (Lipinski definition) is 3. The van der Waals surface area contributed by atoms with Gasteiger partial charge in [0.05, 0.1) is 0 Å². The highest BCUT2D eigenvalue weighted by atomic mass is 16.5. The van der Waals surface area contributed by atoms with Crippen LogP contribution < -0.4 is 10.1 Å². The molecule has 0 radical (unpaired) electrons. The molecule has 0 saturated carbocycles. The van der Waals surface area contributed by atoms with Crippen molar-refractivity contribution in [1.82, 2.24) is 15.1 Å². The highest BCUT2D eigenvalue weighted by Crippen LogP contribution is 2.22. The van der Waals surface area contributed by atoms with Crippen molar-refractivity contribution in [2.75, 3.05) is 0 Å². The summed E-state index contributed by atoms with van der Waals surface area (Å²) < 4.78 is 7.35. The molecule has 1 amide bonds. The predicted octanol–water partition coefficient (Wildman–Crippen LogP) is 4.11. The Hall–Kier alpha value is -3.08. The molecule has 3 rings (SSSR count). The zero-order chi connectivity index (χ0) is 18.4. The van der Waals surface area contributed by atoms with E-state index < -0.39 is 0 Å². The molecule has 0 aliphatic rings. The lowest BCUT2D eigenvalue weighted by molar-refractivity contribution is 0.0932. The fourth-order valence-electron chi connectivity index (χ4n) is 2.47. The molecule has 5 heteroatoms. The van der Waals surface area contributed by atoms with E-state index >= 15 is 0 Å². The Bertz CT molecular complexity index is 841. The van der Waals surface area contributed by atoms with Gasteiger partial charge in [0, 0.05) is 12.2 Å². The van der Waals surface area contributed by atoms with E-state index in [0.29, 0.717) is 5.69 Å². The molecule has 0 aliphatic carbocycles. The monoisotopic (exact) mass is 349 g/mol. The quantitative estimate of drug-likeness (QED) is 0.698. The molecular weight excluding hydrogens is 326 g/mol. The third-order valence-electron chi connectivity index (χ3n) is 4.19. The molecule has 2 aromatic carbocycles. The lowest BCUT2D eigenvalue weighted by Crippen LogP contribution is -2.32. The number of carbonyl (C=O) groups excluding carboxylic acids is 1. The molecule has 134 valence electrons. The molecule has 0 bridgehead atoms. The summed E-state index contributed by atoms with van der Waals surface area (Å²) in [5.41, 5.74) is 2.71. The van der Waals surface area contributed by atoms with Gasteiger partial charge in [0.1, 0.15) is 11.4 Å². The first kappa shape index (κ1) is 17.7. The van der Waals surface area contributed by atoms with Crippen molar-refractivity contribution in [2.45, 2.75) is 33.0 Å². The molecule has 0 saturated heterocycles. The second-order valence-electron chi connectivity index (χ2n) is 6.19. The first-order chi connectivity index (χ1) is 12.7. The third kappa shape index (κ3) is 4.51. The molecule has 1 atom stereocenters. The average molecular weight is 349 g/mol. The minimum absolute atomic E-state index is 0.132. The van der Waals surface area contributed by atoms with Crippen LogP contribution in [0.1, 0.15) is 30.8 Å². The zero-order valence-electron chi connectivity index (χ0n) is 15.1. The molecule has 0 spiro atoms. The van der Waals surface area contributed by atoms with E-state index in [2.05, 4.69) is 22.5 Å². The van der Waals surface area contributed by atoms with Gasteiger partial charge in [-0.15, -0.1) is 0 Å². The van der Waals surface area contributed by atoms with Gasteiger partial charge in [0.2, 0.25) is 0 Å². The largest absolute Gasteiger partial charge is 0.471 e. The Kier molecular flexibility index (Phi) is 5.69. The van der Waals surface area contributed by atoms with Crippen molar-refractivity contribution >= 4 is 5.91 Å². The maximum Gasteiger partial charge on any atom is 0.271 e. The molecule has 0 fully saturated rings. The SMILES string of the molecule is CCC(C)NC(=O)c1ccn(COc2ccc(-c3ccccc3)cc2)n1. The maximum atomic E-state index is 12.0. The van der Waals surface area contributed by atoms with Crippen molar-refractivity contribution in [3.8, 4) is 16.9 Å². The predicted molar refractivity (Wildman–Crippen MR) is 102 cm³/mol. The summed E-state index contributed by atoms with van der Waals surface area (Å²) in [6, 6.07) is 19.9. The van der Waals surface area contributed by atoms with E-state index in [4.69, 9.17) is 4.74 Å². The van der Waals surface area contributed by atoms with Gasteiger partial charge >= 0.3 is 0 Å². The minimum atomic E-state index is -0.162. The number of aromatic nitrogens is 2. The molecular formula is C21H23N3O2. The highest BCUT2D eigenvalue weighted by molar-refractivity contribution is 5.92. The standard InChI is InChI=1S/C21H23N3O2/c1-3-16(2)22-21(25)20-13-14-24(23-20)15-26-19-11-9-18(10-12-19)17-7-5-4-6-8-17/h4-14,16H,3,15H2,1-2H3,(H,22,25). The smallest absolute Gasteiger partial charge is 0.271 e. The molecule has 26 heavy (non-hydrogen) atoms. The van der Waals surface area contributed by atoms with Crippen LogP contribution in [0, 0.1) is 0 Å². The minimum Gasteiger partial charge on any atom is -0.471 e. The van der Waals surface area contributed by atoms with E-state index in [9.17, 15) is 4.79 Å². The van der Waals surface area contributed by atoms with Crippen LogP contribution in [0.4, 0.5) is 0 Å². The van der Waals surface area contributed by atoms with Crippen LogP contribution in [0.3, 0.4) is 0 Å². The van der Waals surface area contributed by atoms with Gasteiger partial charge in [-0.3, -0.25) is 4.79 Å². The Morgan fingerprint density at radius 1 is 1.08 bits per heavy atom. The second-order valence-corrected chi connectivity index (χ2v) is 6.19. The fraction of sp³-hybridized carbons (Fsp3) is 0.238. The van der Waals surface area contributed by atoms with Crippen LogP contribution in [0.25, 0.3) is 11.1 Å². The Labute approximate surface area is 153 Å². The Morgan fingerprint density at radius 3 is 2.46 bits per heavy atom. The summed E-state index contributed by atoms with van der Waals surface area (Å²) in [6.07, 6.45) is 2.62. The Balaban J connectivity index is 1.57. The van der Waals surface area contributed by atoms with Crippen molar-refractivity contribution in [2.24, 2.45) is 0 Å². The summed E-state index contributed by atoms with van der Waals surface area (Å²) >= 11 is 0. The number of ether oxygens (including phenoxy) is 1. The van der Waals surface area contributed by atoms with Gasteiger partial charge < -0.3 is 10.1 Å². The van der Waals surface area contributed by atoms with E-state index in [1.807, 2.05) is 56.3 Å². The van der Waals surface area contributed by atoms with E-state index in [1.165, 1.54) is 5.56 Å². The van der Waals surface area contributed by atoms with Crippen LogP contribution in [-0.4, -0.2) is 21.7 Å². The fourth-order valence-corrected chi connectivity index (χ4v) is 2.47. The maximum absolute atomic E-state index is 12.0. The number of benzene rings is 2. The number of nitrogens with zero attached hydrogens (tertiary/aromatic N) is 2. The van der Waals surface area contributed by atoms with Gasteiger partial charge in [-0.05, 0) is 42.7 Å². The van der Waals surface area contributed by atoms with Crippen molar-refractivity contribution in [3.63, 3.8) is 0 Å². The normalized spacial score (nSPS) is 11.8. The van der Waals surface area contributed by atoms with Crippen LogP contribution in [0.2, 0.25) is 0 Å². The third-order valence-corrected chi connectivity index (χ3v) is 4.19. The topological polar surface area (TPSA) is 56.2 Å². The first-order valence-electron chi connectivity index (χ1n) is 8.78. The summed E-state index contributed by atoms with van der Waals surface area (Å²) in [7, 11) is 0. The van der Waals surface area contributed by atoms with Crippen LogP contribution in [-0.2, 0) is 6.73 Å². The van der Waals surface area contributed by atoms with Crippen LogP contribution >= 0.6 is 0 Å². The molecule has 3 aromatic rings. The molecule has 5 nitrogen and oxygen atoms in total. The van der Waals surface area contributed by atoms with Gasteiger partial charge in [-0.25, -0.2) is 4.68 Å². The summed E-state index contributed by atoms with van der Waals surface area (Å²) in [5.74, 6) is 0.594. The zero-order valence-corrected chi connectivity index (χ0v) is 15.1. The first-order valence-corrected chi connectivity index (χ1v) is 8.78. The second kappa shape index (κ2) is 8.34. The van der Waals surface area contributed by atoms with Crippen LogP contribution in [0.15, 0.2) is 66.9 Å². The van der Waals surface area contributed by atoms with Crippen molar-refractivity contribution < 1.29 is 9.53 Å². The number of carbonyl (C=O) groups is 1. The molecule has 1 heterocycles. The van der Waals surface area contributed by atoms with Crippen molar-refractivity contribution in [3.05, 3.63) is 72.6 Å².